The van der Waals surface area contributed by atoms with Crippen molar-refractivity contribution in [3.63, 3.8) is 0 Å². The van der Waals surface area contributed by atoms with Crippen molar-refractivity contribution in [1.29, 1.82) is 0 Å². The predicted molar refractivity (Wildman–Crippen MR) is 101 cm³/mol. The summed E-state index contributed by atoms with van der Waals surface area (Å²) in [5, 5.41) is 9.59. The number of hydrogen-bond donors (Lipinski definition) is 2. The van der Waals surface area contributed by atoms with Crippen LogP contribution in [0.3, 0.4) is 0 Å². The summed E-state index contributed by atoms with van der Waals surface area (Å²) in [4.78, 5) is 4.74. The molecule has 1 unspecified atom stereocenters. The van der Waals surface area contributed by atoms with Gasteiger partial charge in [0, 0.05) is 50.8 Å². The molecule has 1 aromatic rings. The standard InChI is InChI=1S/C20H33N3O2/c1-20(2,14-24)13-23-12-15-4-5-17(10-18(15)19(23)11-21)25-16-6-8-22(3)9-7-16/h4-5,10,16,19,24H,6-9,11-14,21H2,1-3H3. The zero-order chi connectivity index (χ0) is 18.0. The molecule has 5 heteroatoms. The highest BCUT2D eigenvalue weighted by Crippen LogP contribution is 2.37. The summed E-state index contributed by atoms with van der Waals surface area (Å²) in [6.45, 7) is 8.90. The van der Waals surface area contributed by atoms with E-state index in [-0.39, 0.29) is 18.1 Å². The third kappa shape index (κ3) is 4.34. The normalized spacial score (nSPS) is 23.0. The fourth-order valence-electron chi connectivity index (χ4n) is 3.96. The van der Waals surface area contributed by atoms with Crippen molar-refractivity contribution in [3.05, 3.63) is 29.3 Å². The van der Waals surface area contributed by atoms with Gasteiger partial charge in [0.15, 0.2) is 0 Å². The molecule has 1 aromatic carbocycles. The van der Waals surface area contributed by atoms with Crippen molar-refractivity contribution < 1.29 is 9.84 Å². The fraction of sp³-hybridized carbons (Fsp3) is 0.700. The van der Waals surface area contributed by atoms with Gasteiger partial charge in [0.25, 0.3) is 0 Å². The molecule has 1 fully saturated rings. The summed E-state index contributed by atoms with van der Waals surface area (Å²) >= 11 is 0. The smallest absolute Gasteiger partial charge is 0.120 e. The zero-order valence-electron chi connectivity index (χ0n) is 15.9. The van der Waals surface area contributed by atoms with E-state index in [1.165, 1.54) is 11.1 Å². The quantitative estimate of drug-likeness (QED) is 0.824. The van der Waals surface area contributed by atoms with Gasteiger partial charge in [0.05, 0.1) is 0 Å². The Hall–Kier alpha value is -1.14. The molecule has 0 spiro atoms. The second-order valence-corrected chi connectivity index (χ2v) is 8.46. The van der Waals surface area contributed by atoms with Crippen LogP contribution in [0.1, 0.15) is 43.9 Å². The second kappa shape index (κ2) is 7.62. The van der Waals surface area contributed by atoms with Gasteiger partial charge in [-0.05, 0) is 43.1 Å². The van der Waals surface area contributed by atoms with Crippen molar-refractivity contribution in [2.75, 3.05) is 39.8 Å². The lowest BCUT2D eigenvalue weighted by Crippen LogP contribution is -2.37. The summed E-state index contributed by atoms with van der Waals surface area (Å²) in [5.41, 5.74) is 8.60. The molecule has 2 aliphatic heterocycles. The van der Waals surface area contributed by atoms with Gasteiger partial charge in [0.2, 0.25) is 0 Å². The molecular weight excluding hydrogens is 314 g/mol. The first-order valence-electron chi connectivity index (χ1n) is 9.45. The number of nitrogens with two attached hydrogens (primary N) is 1. The Balaban J connectivity index is 1.71. The maximum absolute atomic E-state index is 9.59. The summed E-state index contributed by atoms with van der Waals surface area (Å²) in [7, 11) is 2.17. The summed E-state index contributed by atoms with van der Waals surface area (Å²) in [6, 6.07) is 6.69. The maximum Gasteiger partial charge on any atom is 0.120 e. The van der Waals surface area contributed by atoms with Gasteiger partial charge in [-0.25, -0.2) is 0 Å². The van der Waals surface area contributed by atoms with E-state index in [4.69, 9.17) is 10.5 Å². The van der Waals surface area contributed by atoms with Gasteiger partial charge in [-0.3, -0.25) is 4.90 Å². The molecule has 3 N–H and O–H groups in total. The molecule has 0 amide bonds. The van der Waals surface area contributed by atoms with Gasteiger partial charge in [-0.2, -0.15) is 0 Å². The Morgan fingerprint density at radius 3 is 2.64 bits per heavy atom. The third-order valence-electron chi connectivity index (χ3n) is 5.54. The van der Waals surface area contributed by atoms with Crippen molar-refractivity contribution in [2.24, 2.45) is 11.1 Å². The van der Waals surface area contributed by atoms with Crippen LogP contribution < -0.4 is 10.5 Å². The lowest BCUT2D eigenvalue weighted by Gasteiger charge is -2.32. The van der Waals surface area contributed by atoms with E-state index in [1.807, 2.05) is 0 Å². The van der Waals surface area contributed by atoms with Crippen LogP contribution in [0.5, 0.6) is 5.75 Å². The van der Waals surface area contributed by atoms with Gasteiger partial charge < -0.3 is 20.5 Å². The van der Waals surface area contributed by atoms with E-state index in [0.717, 1.165) is 44.8 Å². The highest BCUT2D eigenvalue weighted by atomic mass is 16.5. The fourth-order valence-corrected chi connectivity index (χ4v) is 3.96. The first-order valence-corrected chi connectivity index (χ1v) is 9.45. The third-order valence-corrected chi connectivity index (χ3v) is 5.54. The van der Waals surface area contributed by atoms with Crippen molar-refractivity contribution in [3.8, 4) is 5.75 Å². The van der Waals surface area contributed by atoms with E-state index in [1.54, 1.807) is 0 Å². The highest BCUT2D eigenvalue weighted by molar-refractivity contribution is 5.41. The molecule has 1 atom stereocenters. The number of fused-ring (bicyclic) bond motifs is 1. The van der Waals surface area contributed by atoms with Crippen LogP contribution in [0, 0.1) is 5.41 Å². The summed E-state index contributed by atoms with van der Waals surface area (Å²) in [6.07, 6.45) is 2.49. The van der Waals surface area contributed by atoms with Crippen molar-refractivity contribution >= 4 is 0 Å². The Kier molecular flexibility index (Phi) is 5.68. The molecule has 1 saturated heterocycles. The number of aliphatic hydroxyl groups excluding tert-OH is 1. The maximum atomic E-state index is 9.59. The van der Waals surface area contributed by atoms with Gasteiger partial charge >= 0.3 is 0 Å². The predicted octanol–water partition coefficient (Wildman–Crippen LogP) is 1.99. The summed E-state index contributed by atoms with van der Waals surface area (Å²) in [5.74, 6) is 0.968. The average molecular weight is 348 g/mol. The Morgan fingerprint density at radius 1 is 1.28 bits per heavy atom. The van der Waals surface area contributed by atoms with Gasteiger partial charge in [-0.1, -0.05) is 19.9 Å². The minimum atomic E-state index is -0.122. The lowest BCUT2D eigenvalue weighted by atomic mass is 9.93. The number of likely N-dealkylation sites (tertiary alicyclic amines) is 1. The van der Waals surface area contributed by atoms with E-state index in [9.17, 15) is 5.11 Å². The van der Waals surface area contributed by atoms with Crippen molar-refractivity contribution in [1.82, 2.24) is 9.80 Å². The minimum Gasteiger partial charge on any atom is -0.490 e. The van der Waals surface area contributed by atoms with Crippen LogP contribution in [0.2, 0.25) is 0 Å². The molecule has 140 valence electrons. The van der Waals surface area contributed by atoms with E-state index >= 15 is 0 Å². The van der Waals surface area contributed by atoms with Crippen LogP contribution in [0.25, 0.3) is 0 Å². The number of piperidine rings is 1. The number of ether oxygens (including phenoxy) is 1. The number of nitrogens with zero attached hydrogens (tertiary/aromatic N) is 2. The van der Waals surface area contributed by atoms with E-state index in [0.29, 0.717) is 12.6 Å². The topological polar surface area (TPSA) is 62.0 Å². The average Bonchev–Trinajstić information content (AvgIpc) is 2.92. The Bertz CT molecular complexity index is 582. The molecule has 2 aliphatic rings. The van der Waals surface area contributed by atoms with Gasteiger partial charge in [-0.15, -0.1) is 0 Å². The second-order valence-electron chi connectivity index (χ2n) is 8.46. The molecule has 0 saturated carbocycles. The molecule has 0 aliphatic carbocycles. The Labute approximate surface area is 151 Å². The van der Waals surface area contributed by atoms with Crippen LogP contribution >= 0.6 is 0 Å². The molecule has 25 heavy (non-hydrogen) atoms. The largest absolute Gasteiger partial charge is 0.490 e. The number of hydrogen-bond acceptors (Lipinski definition) is 5. The molecule has 5 nitrogen and oxygen atoms in total. The minimum absolute atomic E-state index is 0.122. The number of aliphatic hydroxyl groups is 1. The Morgan fingerprint density at radius 2 is 2.00 bits per heavy atom. The van der Waals surface area contributed by atoms with Crippen LogP contribution in [0.4, 0.5) is 0 Å². The monoisotopic (exact) mass is 347 g/mol. The van der Waals surface area contributed by atoms with Crippen LogP contribution in [-0.2, 0) is 6.54 Å². The van der Waals surface area contributed by atoms with E-state index in [2.05, 4.69) is 48.9 Å². The highest BCUT2D eigenvalue weighted by Gasteiger charge is 2.33. The van der Waals surface area contributed by atoms with E-state index < -0.39 is 0 Å². The SMILES string of the molecule is CN1CCC(Oc2ccc3c(c2)C(CN)N(CC(C)(C)CO)C3)CC1. The molecular formula is C20H33N3O2. The first-order chi connectivity index (χ1) is 11.9. The molecule has 2 heterocycles. The lowest BCUT2D eigenvalue weighted by molar-refractivity contribution is 0.0844. The molecule has 0 radical (unpaired) electrons. The summed E-state index contributed by atoms with van der Waals surface area (Å²) < 4.78 is 6.25. The molecule has 3 rings (SSSR count). The first kappa shape index (κ1) is 18.6. The molecule has 0 aromatic heterocycles. The number of benzene rings is 1. The van der Waals surface area contributed by atoms with Gasteiger partial charge in [0.1, 0.15) is 11.9 Å². The van der Waals surface area contributed by atoms with Crippen molar-refractivity contribution in [2.45, 2.75) is 45.4 Å². The van der Waals surface area contributed by atoms with Crippen LogP contribution in [-0.4, -0.2) is 60.8 Å². The number of rotatable bonds is 6. The molecule has 0 bridgehead atoms. The van der Waals surface area contributed by atoms with Crippen LogP contribution in [0.15, 0.2) is 18.2 Å². The zero-order valence-corrected chi connectivity index (χ0v) is 15.9.